The van der Waals surface area contributed by atoms with Gasteiger partial charge in [-0.1, -0.05) is 60.7 Å². The summed E-state index contributed by atoms with van der Waals surface area (Å²) in [6, 6.07) is 20.8. The van der Waals surface area contributed by atoms with Gasteiger partial charge in [-0.15, -0.1) is 0 Å². The van der Waals surface area contributed by atoms with Crippen LogP contribution < -0.4 is 0 Å². The molecule has 6 heterocycles. The number of rotatable bonds is 4. The molecule has 2 saturated carbocycles. The quantitative estimate of drug-likeness (QED) is 0.516. The van der Waals surface area contributed by atoms with Crippen LogP contribution >= 0.6 is 0 Å². The van der Waals surface area contributed by atoms with Crippen LogP contribution in [0.1, 0.15) is 63.5 Å². The van der Waals surface area contributed by atoms with Gasteiger partial charge >= 0.3 is 11.9 Å². The molecule has 2 aromatic rings. The molecular weight excluding hydrogens is 508 g/mol. The molecule has 0 aromatic heterocycles. The van der Waals surface area contributed by atoms with Gasteiger partial charge in [-0.2, -0.15) is 10.1 Å². The molecule has 8 nitrogen and oxygen atoms in total. The number of carbonyl (C=O) groups is 2. The van der Waals surface area contributed by atoms with Crippen LogP contribution in [0.4, 0.5) is 0 Å². The minimum atomic E-state index is -0.379. The first-order valence-corrected chi connectivity index (χ1v) is 14.7. The first-order valence-electron chi connectivity index (χ1n) is 14.7. The van der Waals surface area contributed by atoms with E-state index in [9.17, 15) is 9.59 Å². The second-order valence-electron chi connectivity index (χ2n) is 12.7. The summed E-state index contributed by atoms with van der Waals surface area (Å²) in [5, 5.41) is 4.03. The monoisotopic (exact) mass is 546 g/mol. The van der Waals surface area contributed by atoms with E-state index in [1.165, 1.54) is 11.1 Å². The molecule has 212 valence electrons. The van der Waals surface area contributed by atoms with E-state index in [0.717, 1.165) is 51.6 Å². The van der Waals surface area contributed by atoms with Crippen molar-refractivity contribution in [2.75, 3.05) is 0 Å². The lowest BCUT2D eigenvalue weighted by molar-refractivity contribution is -0.233. The molecule has 6 aliphatic heterocycles. The molecule has 8 bridgehead atoms. The van der Waals surface area contributed by atoms with E-state index in [1.807, 2.05) is 46.5 Å². The van der Waals surface area contributed by atoms with Crippen LogP contribution in [0.3, 0.4) is 0 Å². The number of hydrogen-bond donors (Lipinski definition) is 0. The normalized spacial score (nSPS) is 39.6. The predicted molar refractivity (Wildman–Crippen MR) is 145 cm³/mol. The number of hydroxylamine groups is 4. The summed E-state index contributed by atoms with van der Waals surface area (Å²) >= 11 is 0. The second kappa shape index (κ2) is 9.94. The average molecular weight is 547 g/mol. The van der Waals surface area contributed by atoms with Crippen molar-refractivity contribution in [3.63, 3.8) is 0 Å². The van der Waals surface area contributed by atoms with E-state index in [2.05, 4.69) is 38.1 Å². The van der Waals surface area contributed by atoms with Crippen molar-refractivity contribution < 1.29 is 28.7 Å². The third kappa shape index (κ3) is 4.55. The lowest BCUT2D eigenvalue weighted by Crippen LogP contribution is -2.47. The van der Waals surface area contributed by atoms with Gasteiger partial charge in [0.25, 0.3) is 0 Å². The fourth-order valence-electron chi connectivity index (χ4n) is 8.02. The van der Waals surface area contributed by atoms with Crippen molar-refractivity contribution in [3.8, 4) is 0 Å². The highest BCUT2D eigenvalue weighted by atomic mass is 16.7. The molecule has 10 rings (SSSR count). The molecule has 0 amide bonds. The summed E-state index contributed by atoms with van der Waals surface area (Å²) in [4.78, 5) is 36.8. The van der Waals surface area contributed by atoms with Crippen LogP contribution in [-0.2, 0) is 41.8 Å². The number of esters is 2. The summed E-state index contributed by atoms with van der Waals surface area (Å²) in [6.45, 7) is 5.59. The zero-order valence-corrected chi connectivity index (χ0v) is 23.2. The Morgan fingerprint density at radius 3 is 1.45 bits per heavy atom. The lowest BCUT2D eigenvalue weighted by atomic mass is 9.81. The van der Waals surface area contributed by atoms with Gasteiger partial charge in [0.2, 0.25) is 0 Å². The molecule has 40 heavy (non-hydrogen) atoms. The first kappa shape index (κ1) is 26.1. The Labute approximate surface area is 235 Å². The SMILES string of the molecule is C[C@@]12C[C@@H]3CC[C@@H]([C@H]1C(=O)O3)N(Cc1ccccc1)O2.C[C@]12C[C@H]3CC[C@H]([C@@H]1C(=O)O3)N(Cc1ccccc1)O2. The van der Waals surface area contributed by atoms with Gasteiger partial charge in [-0.05, 0) is 50.7 Å². The number of ether oxygens (including phenoxy) is 2. The number of fused-ring (bicyclic) bond motifs is 4. The minimum Gasteiger partial charge on any atom is -0.462 e. The van der Waals surface area contributed by atoms with Crippen molar-refractivity contribution in [1.82, 2.24) is 10.1 Å². The summed E-state index contributed by atoms with van der Waals surface area (Å²) in [7, 11) is 0. The van der Waals surface area contributed by atoms with Gasteiger partial charge < -0.3 is 9.47 Å². The fourth-order valence-corrected chi connectivity index (χ4v) is 8.02. The molecule has 0 radical (unpaired) electrons. The molecule has 8 heteroatoms. The Morgan fingerprint density at radius 1 is 0.650 bits per heavy atom. The van der Waals surface area contributed by atoms with Crippen LogP contribution in [0, 0.1) is 11.8 Å². The van der Waals surface area contributed by atoms with Gasteiger partial charge in [0, 0.05) is 25.9 Å². The van der Waals surface area contributed by atoms with Gasteiger partial charge in [0.1, 0.15) is 35.2 Å². The summed E-state index contributed by atoms with van der Waals surface area (Å²) in [6.07, 6.45) is 5.61. The van der Waals surface area contributed by atoms with Crippen LogP contribution in [0.2, 0.25) is 0 Å². The highest BCUT2D eigenvalue weighted by Crippen LogP contribution is 2.51. The summed E-state index contributed by atoms with van der Waals surface area (Å²) < 4.78 is 11.0. The van der Waals surface area contributed by atoms with Gasteiger partial charge in [0.05, 0.1) is 12.1 Å². The van der Waals surface area contributed by atoms with Gasteiger partial charge in [-0.3, -0.25) is 19.3 Å². The van der Waals surface area contributed by atoms with E-state index >= 15 is 0 Å². The zero-order chi connectivity index (χ0) is 27.5. The smallest absolute Gasteiger partial charge is 0.313 e. The van der Waals surface area contributed by atoms with E-state index in [4.69, 9.17) is 19.1 Å². The predicted octanol–water partition coefficient (Wildman–Crippen LogP) is 4.57. The maximum atomic E-state index is 12.2. The van der Waals surface area contributed by atoms with E-state index in [1.54, 1.807) is 0 Å². The van der Waals surface area contributed by atoms with Crippen molar-refractivity contribution in [2.24, 2.45) is 11.8 Å². The molecule has 8 atom stereocenters. The van der Waals surface area contributed by atoms with E-state index in [-0.39, 0.29) is 59.3 Å². The number of carbonyl (C=O) groups excluding carboxylic acids is 2. The van der Waals surface area contributed by atoms with E-state index < -0.39 is 0 Å². The summed E-state index contributed by atoms with van der Waals surface area (Å²) in [5.74, 6) is -0.404. The Hall–Kier alpha value is -2.78. The number of nitrogens with zero attached hydrogens (tertiary/aromatic N) is 2. The molecule has 8 fully saturated rings. The molecule has 2 aromatic carbocycles. The van der Waals surface area contributed by atoms with Crippen molar-refractivity contribution >= 4 is 11.9 Å². The Balaban J connectivity index is 0.000000132. The third-order valence-corrected chi connectivity index (χ3v) is 9.75. The average Bonchev–Trinajstić information content (AvgIpc) is 3.07. The maximum absolute atomic E-state index is 12.2. The van der Waals surface area contributed by atoms with Crippen LogP contribution in [0.5, 0.6) is 0 Å². The first-order chi connectivity index (χ1) is 19.3. The zero-order valence-electron chi connectivity index (χ0n) is 23.2. The topological polar surface area (TPSA) is 77.5 Å². The van der Waals surface area contributed by atoms with Crippen molar-refractivity contribution in [1.29, 1.82) is 0 Å². The Bertz CT molecular complexity index is 1160. The highest BCUT2D eigenvalue weighted by Gasteiger charge is 2.62. The molecular formula is C32H38N2O6. The standard InChI is InChI=1S/2C16H19NO3/c2*1-16-9-12-7-8-13(14(16)15(18)19-12)17(20-16)10-11-5-3-2-4-6-11/h2*2-6,12-14H,7-10H2,1H3/t2*12-,13-,14-,16+/m10/s1. The molecule has 0 unspecified atom stereocenters. The molecule has 0 spiro atoms. The van der Waals surface area contributed by atoms with Crippen LogP contribution in [0.25, 0.3) is 0 Å². The van der Waals surface area contributed by atoms with Crippen molar-refractivity contribution in [3.05, 3.63) is 71.8 Å². The third-order valence-electron chi connectivity index (χ3n) is 9.75. The molecule has 0 N–H and O–H groups in total. The maximum Gasteiger partial charge on any atom is 0.313 e. The number of hydrogen-bond acceptors (Lipinski definition) is 8. The van der Waals surface area contributed by atoms with Crippen LogP contribution in [-0.4, -0.2) is 57.6 Å². The lowest BCUT2D eigenvalue weighted by Gasteiger charge is -2.35. The molecule has 8 aliphatic rings. The molecule has 2 aliphatic carbocycles. The van der Waals surface area contributed by atoms with E-state index in [0.29, 0.717) is 0 Å². The second-order valence-corrected chi connectivity index (χ2v) is 12.7. The highest BCUT2D eigenvalue weighted by molar-refractivity contribution is 5.77. The van der Waals surface area contributed by atoms with Crippen LogP contribution in [0.15, 0.2) is 60.7 Å². The molecule has 6 saturated heterocycles. The largest absolute Gasteiger partial charge is 0.462 e. The van der Waals surface area contributed by atoms with Crippen molar-refractivity contribution in [2.45, 2.75) is 101 Å². The fraction of sp³-hybridized carbons (Fsp3) is 0.562. The Morgan fingerprint density at radius 2 is 1.05 bits per heavy atom. The van der Waals surface area contributed by atoms with Gasteiger partial charge in [-0.25, -0.2) is 0 Å². The minimum absolute atomic E-state index is 0.0487. The number of benzene rings is 2. The van der Waals surface area contributed by atoms with Gasteiger partial charge in [0.15, 0.2) is 0 Å². The summed E-state index contributed by atoms with van der Waals surface area (Å²) in [5.41, 5.74) is 1.67. The Kier molecular flexibility index (Phi) is 6.50.